The van der Waals surface area contributed by atoms with Gasteiger partial charge in [0.25, 0.3) is 0 Å². The fourth-order valence-electron chi connectivity index (χ4n) is 3.45. The van der Waals surface area contributed by atoms with Crippen molar-refractivity contribution < 1.29 is 18.9 Å². The molecule has 8 heteroatoms. The van der Waals surface area contributed by atoms with Crippen LogP contribution in [0.1, 0.15) is 17.3 Å². The third-order valence-corrected chi connectivity index (χ3v) is 5.12. The Bertz CT molecular complexity index is 1250. The zero-order chi connectivity index (χ0) is 22.5. The maximum absolute atomic E-state index is 5.65. The molecule has 1 aromatic heterocycles. The number of aliphatic imine (C=N–C) groups is 1. The smallest absolute Gasteiger partial charge is 0.172 e. The highest BCUT2D eigenvalue weighted by atomic mass is 16.5. The number of benzene rings is 3. The average molecular weight is 432 g/mol. The summed E-state index contributed by atoms with van der Waals surface area (Å²) in [7, 11) is 6.46. The highest BCUT2D eigenvalue weighted by Gasteiger charge is 2.21. The average Bonchev–Trinajstić information content (AvgIpc) is 3.28. The lowest BCUT2D eigenvalue weighted by Gasteiger charge is -2.18. The first-order chi connectivity index (χ1) is 15.7. The second kappa shape index (κ2) is 9.38. The lowest BCUT2D eigenvalue weighted by molar-refractivity contribution is 0.384. The molecule has 0 fully saturated rings. The number of fused-ring (bicyclic) bond motifs is 1. The van der Waals surface area contributed by atoms with Crippen LogP contribution in [0.25, 0.3) is 11.0 Å². The Kier molecular flexibility index (Phi) is 6.21. The SMILES string of the molecule is COc1ccc(/C=N/C(c2ccc(OC)cc2OC)n2nnc3ccccc32)c(OC)c1. The number of ether oxygens (including phenoxy) is 4. The molecule has 1 unspecified atom stereocenters. The van der Waals surface area contributed by atoms with Crippen LogP contribution >= 0.6 is 0 Å². The molecule has 0 bridgehead atoms. The molecule has 0 spiro atoms. The molecule has 0 aliphatic rings. The van der Waals surface area contributed by atoms with E-state index in [1.54, 1.807) is 39.3 Å². The van der Waals surface area contributed by atoms with Gasteiger partial charge in [-0.1, -0.05) is 17.3 Å². The minimum absolute atomic E-state index is 0.532. The Balaban J connectivity index is 1.85. The van der Waals surface area contributed by atoms with Gasteiger partial charge in [0.15, 0.2) is 6.17 Å². The molecular formula is C24H24N4O4. The lowest BCUT2D eigenvalue weighted by Crippen LogP contribution is -2.12. The van der Waals surface area contributed by atoms with Crippen LogP contribution < -0.4 is 18.9 Å². The maximum atomic E-state index is 5.65. The van der Waals surface area contributed by atoms with Crippen LogP contribution in [-0.2, 0) is 0 Å². The van der Waals surface area contributed by atoms with Crippen molar-refractivity contribution in [2.75, 3.05) is 28.4 Å². The number of hydrogen-bond acceptors (Lipinski definition) is 7. The van der Waals surface area contributed by atoms with Crippen molar-refractivity contribution in [1.29, 1.82) is 0 Å². The zero-order valence-corrected chi connectivity index (χ0v) is 18.4. The third kappa shape index (κ3) is 4.07. The Morgan fingerprint density at radius 2 is 1.50 bits per heavy atom. The standard InChI is InChI=1S/C24H24N4O4/c1-29-17-10-9-16(22(13-17)31-3)15-25-24(19-12-11-18(30-2)14-23(19)32-4)28-21-8-6-5-7-20(21)26-27-28/h5-15,24H,1-4H3/b25-15+. The fourth-order valence-corrected chi connectivity index (χ4v) is 3.45. The monoisotopic (exact) mass is 432 g/mol. The summed E-state index contributed by atoms with van der Waals surface area (Å²) in [6.45, 7) is 0. The minimum atomic E-state index is -0.532. The molecule has 0 saturated carbocycles. The maximum Gasteiger partial charge on any atom is 0.172 e. The molecule has 0 radical (unpaired) electrons. The van der Waals surface area contributed by atoms with Crippen LogP contribution in [0.2, 0.25) is 0 Å². The summed E-state index contributed by atoms with van der Waals surface area (Å²) in [6, 6.07) is 18.9. The molecule has 1 atom stereocenters. The molecule has 4 rings (SSSR count). The van der Waals surface area contributed by atoms with Gasteiger partial charge in [-0.3, -0.25) is 4.99 Å². The van der Waals surface area contributed by atoms with Crippen LogP contribution in [0, 0.1) is 0 Å². The summed E-state index contributed by atoms with van der Waals surface area (Å²) in [4.78, 5) is 4.88. The summed E-state index contributed by atoms with van der Waals surface area (Å²) in [6.07, 6.45) is 1.22. The van der Waals surface area contributed by atoms with Crippen molar-refractivity contribution in [2.24, 2.45) is 4.99 Å². The van der Waals surface area contributed by atoms with Crippen LogP contribution in [-0.4, -0.2) is 49.6 Å². The molecule has 0 N–H and O–H groups in total. The van der Waals surface area contributed by atoms with Gasteiger partial charge < -0.3 is 18.9 Å². The Morgan fingerprint density at radius 1 is 0.812 bits per heavy atom. The predicted octanol–water partition coefficient (Wildman–Crippen LogP) is 4.13. The van der Waals surface area contributed by atoms with E-state index in [9.17, 15) is 0 Å². The quantitative estimate of drug-likeness (QED) is 0.390. The number of rotatable bonds is 8. The minimum Gasteiger partial charge on any atom is -0.497 e. The second-order valence-corrected chi connectivity index (χ2v) is 6.89. The van der Waals surface area contributed by atoms with E-state index in [-0.39, 0.29) is 0 Å². The number of methoxy groups -OCH3 is 4. The van der Waals surface area contributed by atoms with Gasteiger partial charge in [-0.2, -0.15) is 0 Å². The van der Waals surface area contributed by atoms with Gasteiger partial charge in [-0.25, -0.2) is 4.68 Å². The molecule has 0 amide bonds. The number of aromatic nitrogens is 3. The summed E-state index contributed by atoms with van der Waals surface area (Å²) < 4.78 is 23.6. The van der Waals surface area contributed by atoms with E-state index in [1.165, 1.54) is 0 Å². The van der Waals surface area contributed by atoms with Crippen molar-refractivity contribution in [2.45, 2.75) is 6.17 Å². The van der Waals surface area contributed by atoms with Crippen molar-refractivity contribution in [3.05, 3.63) is 71.8 Å². The molecule has 32 heavy (non-hydrogen) atoms. The third-order valence-electron chi connectivity index (χ3n) is 5.12. The van der Waals surface area contributed by atoms with Crippen molar-refractivity contribution in [3.63, 3.8) is 0 Å². The van der Waals surface area contributed by atoms with Gasteiger partial charge in [-0.15, -0.1) is 5.10 Å². The van der Waals surface area contributed by atoms with Crippen LogP contribution in [0.3, 0.4) is 0 Å². The largest absolute Gasteiger partial charge is 0.497 e. The van der Waals surface area contributed by atoms with Gasteiger partial charge in [0, 0.05) is 29.5 Å². The second-order valence-electron chi connectivity index (χ2n) is 6.89. The van der Waals surface area contributed by atoms with E-state index >= 15 is 0 Å². The van der Waals surface area contributed by atoms with Gasteiger partial charge in [0.1, 0.15) is 28.5 Å². The van der Waals surface area contributed by atoms with E-state index in [0.29, 0.717) is 23.0 Å². The summed E-state index contributed by atoms with van der Waals surface area (Å²) in [5.74, 6) is 2.67. The van der Waals surface area contributed by atoms with E-state index < -0.39 is 6.17 Å². The normalized spacial score (nSPS) is 12.1. The summed E-state index contributed by atoms with van der Waals surface area (Å²) >= 11 is 0. The van der Waals surface area contributed by atoms with E-state index in [4.69, 9.17) is 23.9 Å². The lowest BCUT2D eigenvalue weighted by atomic mass is 10.1. The van der Waals surface area contributed by atoms with E-state index in [0.717, 1.165) is 22.2 Å². The van der Waals surface area contributed by atoms with Gasteiger partial charge in [-0.05, 0) is 36.4 Å². The molecule has 4 aromatic rings. The number of nitrogens with zero attached hydrogens (tertiary/aromatic N) is 4. The Morgan fingerprint density at radius 3 is 2.22 bits per heavy atom. The molecule has 3 aromatic carbocycles. The van der Waals surface area contributed by atoms with E-state index in [2.05, 4.69) is 10.3 Å². The van der Waals surface area contributed by atoms with Crippen LogP contribution in [0.5, 0.6) is 23.0 Å². The molecule has 0 aliphatic carbocycles. The summed E-state index contributed by atoms with van der Waals surface area (Å²) in [5, 5.41) is 8.69. The Labute approximate surface area is 186 Å². The summed E-state index contributed by atoms with van der Waals surface area (Å²) in [5.41, 5.74) is 3.25. The first-order valence-electron chi connectivity index (χ1n) is 9.95. The molecule has 1 heterocycles. The molecule has 0 saturated heterocycles. The molecular weight excluding hydrogens is 408 g/mol. The molecule has 8 nitrogen and oxygen atoms in total. The fraction of sp³-hybridized carbons (Fsp3) is 0.208. The molecule has 164 valence electrons. The van der Waals surface area contributed by atoms with Crippen LogP contribution in [0.15, 0.2) is 65.7 Å². The highest BCUT2D eigenvalue weighted by molar-refractivity contribution is 5.84. The van der Waals surface area contributed by atoms with Crippen LogP contribution in [0.4, 0.5) is 0 Å². The van der Waals surface area contributed by atoms with Gasteiger partial charge in [0.2, 0.25) is 0 Å². The first-order valence-corrected chi connectivity index (χ1v) is 9.95. The highest BCUT2D eigenvalue weighted by Crippen LogP contribution is 2.34. The first kappa shape index (κ1) is 21.2. The van der Waals surface area contributed by atoms with E-state index in [1.807, 2.05) is 60.7 Å². The van der Waals surface area contributed by atoms with Gasteiger partial charge in [0.05, 0.1) is 34.0 Å². The number of hydrogen-bond donors (Lipinski definition) is 0. The number of para-hydroxylation sites is 1. The molecule has 0 aliphatic heterocycles. The zero-order valence-electron chi connectivity index (χ0n) is 18.4. The Hall–Kier alpha value is -4.07. The topological polar surface area (TPSA) is 80.0 Å². The van der Waals surface area contributed by atoms with Crippen molar-refractivity contribution in [1.82, 2.24) is 15.0 Å². The van der Waals surface area contributed by atoms with Gasteiger partial charge >= 0.3 is 0 Å². The van der Waals surface area contributed by atoms with Crippen molar-refractivity contribution >= 4 is 17.2 Å². The predicted molar refractivity (Wildman–Crippen MR) is 122 cm³/mol. The van der Waals surface area contributed by atoms with Crippen molar-refractivity contribution in [3.8, 4) is 23.0 Å².